The van der Waals surface area contributed by atoms with Crippen LogP contribution in [0.3, 0.4) is 0 Å². The first-order valence-corrected chi connectivity index (χ1v) is 11.0. The van der Waals surface area contributed by atoms with Gasteiger partial charge in [0.1, 0.15) is 0 Å². The predicted molar refractivity (Wildman–Crippen MR) is 117 cm³/mol. The Kier molecular flexibility index (Phi) is 7.47. The molecule has 1 fully saturated rings. The number of carbonyl (C=O) groups excluding carboxylic acids is 1. The number of hydrogen-bond acceptors (Lipinski definition) is 5. The zero-order chi connectivity index (χ0) is 17.8. The second-order valence-electron chi connectivity index (χ2n) is 6.60. The molecule has 0 aliphatic carbocycles. The quantitative estimate of drug-likeness (QED) is 0.580. The Bertz CT molecular complexity index is 738. The monoisotopic (exact) mass is 421 g/mol. The molecule has 0 spiro atoms. The van der Waals surface area contributed by atoms with E-state index in [4.69, 9.17) is 0 Å². The van der Waals surface area contributed by atoms with E-state index < -0.39 is 0 Å². The van der Waals surface area contributed by atoms with Gasteiger partial charge in [-0.25, -0.2) is 4.98 Å². The van der Waals surface area contributed by atoms with E-state index in [0.29, 0.717) is 0 Å². The number of carbonyl (C=O) groups is 1. The van der Waals surface area contributed by atoms with Gasteiger partial charge in [-0.15, -0.1) is 12.4 Å². The van der Waals surface area contributed by atoms with Crippen molar-refractivity contribution in [2.45, 2.75) is 35.5 Å². The summed E-state index contributed by atoms with van der Waals surface area (Å²) in [7, 11) is 0. The molecule has 1 amide bonds. The van der Waals surface area contributed by atoms with Crippen molar-refractivity contribution in [3.8, 4) is 0 Å². The van der Waals surface area contributed by atoms with Crippen LogP contribution in [0.5, 0.6) is 0 Å². The van der Waals surface area contributed by atoms with Gasteiger partial charge in [0.2, 0.25) is 0 Å². The largest absolute Gasteiger partial charge is 0.303 e. The smallest absolute Gasteiger partial charge is 0.291 e. The van der Waals surface area contributed by atoms with Crippen molar-refractivity contribution in [2.75, 3.05) is 30.3 Å². The average molecular weight is 422 g/mol. The molecule has 1 saturated heterocycles. The Morgan fingerprint density at radius 2 is 1.85 bits per heavy atom. The lowest BCUT2D eigenvalue weighted by Crippen LogP contribution is -2.31. The van der Waals surface area contributed by atoms with Gasteiger partial charge >= 0.3 is 0 Å². The van der Waals surface area contributed by atoms with Gasteiger partial charge in [0.05, 0.1) is 10.6 Å². The predicted octanol–water partition coefficient (Wildman–Crippen LogP) is 5.84. The minimum atomic E-state index is 0. The number of fused-ring (bicyclic) bond motifs is 2. The SMILES string of the molecule is Cl.O=C(SCCCN1CCCCC1)N1c2ccccc2Sc2cccnc21. The number of aromatic nitrogens is 1. The molecule has 0 saturated carbocycles. The zero-order valence-corrected chi connectivity index (χ0v) is 17.6. The fourth-order valence-corrected chi connectivity index (χ4v) is 5.26. The number of benzene rings is 1. The molecule has 1 aromatic heterocycles. The maximum absolute atomic E-state index is 13.0. The van der Waals surface area contributed by atoms with Crippen LogP contribution in [0.15, 0.2) is 52.4 Å². The summed E-state index contributed by atoms with van der Waals surface area (Å²) in [5, 5.41) is 0.0661. The maximum atomic E-state index is 13.0. The van der Waals surface area contributed by atoms with E-state index in [9.17, 15) is 4.79 Å². The molecule has 27 heavy (non-hydrogen) atoms. The van der Waals surface area contributed by atoms with Crippen LogP contribution in [0.4, 0.5) is 16.3 Å². The van der Waals surface area contributed by atoms with Crippen LogP contribution < -0.4 is 4.90 Å². The summed E-state index contributed by atoms with van der Waals surface area (Å²) >= 11 is 3.09. The number of piperidine rings is 1. The summed E-state index contributed by atoms with van der Waals surface area (Å²) in [4.78, 5) is 23.9. The molecule has 1 aromatic carbocycles. The molecule has 4 nitrogen and oxygen atoms in total. The van der Waals surface area contributed by atoms with Gasteiger partial charge in [-0.3, -0.25) is 9.69 Å². The maximum Gasteiger partial charge on any atom is 0.291 e. The Morgan fingerprint density at radius 3 is 2.70 bits per heavy atom. The second kappa shape index (κ2) is 9.82. The standard InChI is InChI=1S/C20H23N3OS2.ClH/c24-20(25-15-7-14-22-12-4-1-5-13-22)23-16-8-2-3-9-17(16)26-18-10-6-11-21-19(18)23;/h2-3,6,8-11H,1,4-5,7,12-15H2;1H. The highest BCUT2D eigenvalue weighted by Gasteiger charge is 2.29. The number of nitrogens with zero attached hydrogens (tertiary/aromatic N) is 3. The summed E-state index contributed by atoms with van der Waals surface area (Å²) in [5.74, 6) is 1.60. The molecule has 0 N–H and O–H groups in total. The summed E-state index contributed by atoms with van der Waals surface area (Å²) in [6.07, 6.45) is 6.81. The van der Waals surface area contributed by atoms with Crippen LogP contribution in [0, 0.1) is 0 Å². The van der Waals surface area contributed by atoms with E-state index in [1.165, 1.54) is 44.1 Å². The molecule has 0 radical (unpaired) electrons. The average Bonchev–Trinajstić information content (AvgIpc) is 2.70. The van der Waals surface area contributed by atoms with Crippen LogP contribution in [0.2, 0.25) is 0 Å². The zero-order valence-electron chi connectivity index (χ0n) is 15.2. The molecule has 0 atom stereocenters. The fourth-order valence-electron chi connectivity index (χ4n) is 3.47. The molecular formula is C20H24ClN3OS2. The lowest BCUT2D eigenvalue weighted by molar-refractivity contribution is 0.230. The first-order valence-electron chi connectivity index (χ1n) is 9.24. The fraction of sp³-hybridized carbons (Fsp3) is 0.400. The lowest BCUT2D eigenvalue weighted by atomic mass is 10.1. The van der Waals surface area contributed by atoms with Gasteiger partial charge in [-0.05, 0) is 63.2 Å². The number of anilines is 2. The summed E-state index contributed by atoms with van der Waals surface area (Å²) < 4.78 is 0. The Morgan fingerprint density at radius 1 is 1.07 bits per heavy atom. The second-order valence-corrected chi connectivity index (χ2v) is 8.73. The lowest BCUT2D eigenvalue weighted by Gasteiger charge is -2.29. The minimum absolute atomic E-state index is 0. The molecule has 0 bridgehead atoms. The summed E-state index contributed by atoms with van der Waals surface area (Å²) in [5.41, 5.74) is 0.942. The van der Waals surface area contributed by atoms with E-state index in [1.807, 2.05) is 30.3 Å². The molecule has 2 aliphatic rings. The van der Waals surface area contributed by atoms with E-state index in [1.54, 1.807) is 22.9 Å². The van der Waals surface area contributed by atoms with E-state index in [0.717, 1.165) is 40.0 Å². The van der Waals surface area contributed by atoms with Crippen LogP contribution in [-0.4, -0.2) is 40.5 Å². The summed E-state index contributed by atoms with van der Waals surface area (Å²) in [6.45, 7) is 3.53. The molecule has 2 aliphatic heterocycles. The third kappa shape index (κ3) is 4.80. The van der Waals surface area contributed by atoms with Crippen molar-refractivity contribution in [3.63, 3.8) is 0 Å². The van der Waals surface area contributed by atoms with E-state index >= 15 is 0 Å². The van der Waals surface area contributed by atoms with Crippen molar-refractivity contribution >= 4 is 52.7 Å². The minimum Gasteiger partial charge on any atom is -0.303 e. The van der Waals surface area contributed by atoms with Crippen LogP contribution >= 0.6 is 35.9 Å². The first kappa shape index (κ1) is 20.5. The molecular weight excluding hydrogens is 398 g/mol. The van der Waals surface area contributed by atoms with Gasteiger partial charge in [-0.2, -0.15) is 0 Å². The Labute approximate surface area is 175 Å². The van der Waals surface area contributed by atoms with Gasteiger partial charge < -0.3 is 4.90 Å². The van der Waals surface area contributed by atoms with Crippen molar-refractivity contribution < 1.29 is 4.79 Å². The van der Waals surface area contributed by atoms with Crippen LogP contribution in [0.1, 0.15) is 25.7 Å². The summed E-state index contributed by atoms with van der Waals surface area (Å²) in [6, 6.07) is 12.0. The molecule has 0 unspecified atom stereocenters. The highest BCUT2D eigenvalue weighted by atomic mass is 35.5. The van der Waals surface area contributed by atoms with Crippen molar-refractivity contribution in [2.24, 2.45) is 0 Å². The number of hydrogen-bond donors (Lipinski definition) is 0. The van der Waals surface area contributed by atoms with Crippen molar-refractivity contribution in [1.29, 1.82) is 0 Å². The number of para-hydroxylation sites is 1. The van der Waals surface area contributed by atoms with Gasteiger partial charge in [-0.1, -0.05) is 42.1 Å². The molecule has 7 heteroatoms. The van der Waals surface area contributed by atoms with Gasteiger partial charge in [0.25, 0.3) is 5.24 Å². The normalized spacial score (nSPS) is 16.2. The number of pyridine rings is 1. The third-order valence-corrected chi connectivity index (χ3v) is 6.79. The topological polar surface area (TPSA) is 36.4 Å². The molecule has 144 valence electrons. The Hall–Kier alpha value is -1.21. The highest BCUT2D eigenvalue weighted by Crippen LogP contribution is 2.47. The first-order chi connectivity index (χ1) is 12.8. The third-order valence-electron chi connectivity index (χ3n) is 4.76. The van der Waals surface area contributed by atoms with Crippen molar-refractivity contribution in [3.05, 3.63) is 42.6 Å². The molecule has 4 rings (SSSR count). The van der Waals surface area contributed by atoms with Crippen LogP contribution in [-0.2, 0) is 0 Å². The molecule has 3 heterocycles. The van der Waals surface area contributed by atoms with Gasteiger partial charge in [0.15, 0.2) is 5.82 Å². The highest BCUT2D eigenvalue weighted by molar-refractivity contribution is 8.13. The number of halogens is 1. The van der Waals surface area contributed by atoms with E-state index in [2.05, 4.69) is 16.0 Å². The number of amides is 1. The van der Waals surface area contributed by atoms with Crippen LogP contribution in [0.25, 0.3) is 0 Å². The Balaban J connectivity index is 0.00000210. The number of thioether (sulfide) groups is 1. The van der Waals surface area contributed by atoms with Gasteiger partial charge in [0, 0.05) is 16.8 Å². The molecule has 2 aromatic rings. The number of likely N-dealkylation sites (tertiary alicyclic amines) is 1. The van der Waals surface area contributed by atoms with E-state index in [-0.39, 0.29) is 17.6 Å². The van der Waals surface area contributed by atoms with Crippen molar-refractivity contribution in [1.82, 2.24) is 9.88 Å². The number of rotatable bonds is 4.